The Hall–Kier alpha value is -5.53. The topological polar surface area (TPSA) is 164 Å². The third-order valence-corrected chi connectivity index (χ3v) is 7.47. The van der Waals surface area contributed by atoms with E-state index in [0.29, 0.717) is 33.4 Å². The summed E-state index contributed by atoms with van der Waals surface area (Å²) in [6.45, 7) is 0.676. The highest BCUT2D eigenvalue weighted by Gasteiger charge is 2.38. The summed E-state index contributed by atoms with van der Waals surface area (Å²) in [5, 5.41) is 21.1. The molecule has 1 aliphatic rings. The van der Waals surface area contributed by atoms with Gasteiger partial charge in [0.2, 0.25) is 0 Å². The smallest absolute Gasteiger partial charge is 0.260 e. The molecule has 2 aromatic carbocycles. The molecule has 1 aliphatic heterocycles. The maximum absolute atomic E-state index is 13.7. The summed E-state index contributed by atoms with van der Waals surface area (Å²) in [6.07, 6.45) is 2.45. The Kier molecular flexibility index (Phi) is 7.00. The van der Waals surface area contributed by atoms with Gasteiger partial charge in [-0.1, -0.05) is 17.3 Å². The monoisotopic (exact) mass is 593 g/mol. The van der Waals surface area contributed by atoms with E-state index in [-0.39, 0.29) is 31.3 Å². The van der Waals surface area contributed by atoms with E-state index in [4.69, 9.17) is 24.5 Å². The summed E-state index contributed by atoms with van der Waals surface area (Å²) in [5.41, 5.74) is 8.75. The number of benzene rings is 2. The molecule has 13 heteroatoms. The lowest BCUT2D eigenvalue weighted by molar-refractivity contribution is -0.143. The van der Waals surface area contributed by atoms with E-state index in [1.54, 1.807) is 54.6 Å². The molecule has 0 aliphatic carbocycles. The van der Waals surface area contributed by atoms with Gasteiger partial charge in [-0.15, -0.1) is 5.10 Å². The lowest BCUT2D eigenvalue weighted by Crippen LogP contribution is -2.50. The number of aromatic nitrogens is 5. The molecule has 13 nitrogen and oxygen atoms in total. The van der Waals surface area contributed by atoms with Crippen LogP contribution in [-0.4, -0.2) is 62.3 Å². The highest BCUT2D eigenvalue weighted by molar-refractivity contribution is 6.09. The quantitative estimate of drug-likeness (QED) is 0.265. The Morgan fingerprint density at radius 1 is 1.11 bits per heavy atom. The summed E-state index contributed by atoms with van der Waals surface area (Å²) < 4.78 is 24.5. The number of pyridine rings is 2. The molecule has 222 valence electrons. The second kappa shape index (κ2) is 11.3. The average molecular weight is 594 g/mol. The number of nitrogens with zero attached hydrogens (tertiary/aromatic N) is 6. The van der Waals surface area contributed by atoms with Crippen molar-refractivity contribution in [1.29, 1.82) is 0 Å². The maximum Gasteiger partial charge on any atom is 0.260 e. The van der Waals surface area contributed by atoms with Crippen LogP contribution in [0.4, 0.5) is 11.6 Å². The van der Waals surface area contributed by atoms with Gasteiger partial charge in [0.25, 0.3) is 5.91 Å². The number of hydrogen-bond acceptors (Lipinski definition) is 11. The molecular weight excluding hydrogens is 566 g/mol. The van der Waals surface area contributed by atoms with E-state index in [1.807, 2.05) is 36.4 Å². The van der Waals surface area contributed by atoms with Crippen molar-refractivity contribution in [3.63, 3.8) is 0 Å². The van der Waals surface area contributed by atoms with Crippen molar-refractivity contribution >= 4 is 39.4 Å². The Morgan fingerprint density at radius 3 is 2.73 bits per heavy atom. The van der Waals surface area contributed by atoms with Crippen molar-refractivity contribution in [3.05, 3.63) is 90.5 Å². The zero-order chi connectivity index (χ0) is 30.2. The lowest BCUT2D eigenvalue weighted by atomic mass is 10.0. The first-order chi connectivity index (χ1) is 21.5. The minimum Gasteiger partial charge on any atom is -0.497 e. The standard InChI is InChI=1S/C31H27N7O6/c1-41-20-4-2-18(3-5-20)17-43-24-16-23(34-22-7-6-21-28(26(22)24)44-36-30(21)32)27(39)29-31(40)37(14-15-42-29)25-10-13-38(35-25)19-8-11-33-12-9-19/h2-13,16,27,29,39H,14-15,17H2,1H3,(H2,32,36). The minimum atomic E-state index is -1.41. The largest absolute Gasteiger partial charge is 0.497 e. The van der Waals surface area contributed by atoms with Gasteiger partial charge in [0.15, 0.2) is 23.3 Å². The Morgan fingerprint density at radius 2 is 1.93 bits per heavy atom. The lowest BCUT2D eigenvalue weighted by Gasteiger charge is -2.33. The number of amides is 1. The van der Waals surface area contributed by atoms with Crippen LogP contribution in [0.15, 0.2) is 83.8 Å². The molecule has 2 atom stereocenters. The maximum atomic E-state index is 13.7. The van der Waals surface area contributed by atoms with E-state index in [1.165, 1.54) is 4.90 Å². The van der Waals surface area contributed by atoms with Crippen LogP contribution in [0.1, 0.15) is 17.4 Å². The first kappa shape index (κ1) is 27.3. The highest BCUT2D eigenvalue weighted by Crippen LogP contribution is 2.37. The number of carbonyl (C=O) groups excluding carboxylic acids is 1. The molecule has 1 amide bonds. The zero-order valence-corrected chi connectivity index (χ0v) is 23.5. The fourth-order valence-corrected chi connectivity index (χ4v) is 5.18. The third kappa shape index (κ3) is 4.93. The van der Waals surface area contributed by atoms with Crippen LogP contribution in [-0.2, 0) is 16.1 Å². The molecule has 0 spiro atoms. The highest BCUT2D eigenvalue weighted by atomic mass is 16.5. The molecule has 1 saturated heterocycles. The number of ether oxygens (including phenoxy) is 3. The third-order valence-electron chi connectivity index (χ3n) is 7.47. The normalized spacial score (nSPS) is 16.0. The van der Waals surface area contributed by atoms with Crippen LogP contribution in [0, 0.1) is 0 Å². The number of hydrogen-bond donors (Lipinski definition) is 2. The predicted octanol–water partition coefficient (Wildman–Crippen LogP) is 3.59. The van der Waals surface area contributed by atoms with E-state index in [2.05, 4.69) is 20.2 Å². The fourth-order valence-electron chi connectivity index (χ4n) is 5.18. The number of aliphatic hydroxyl groups excluding tert-OH is 1. The molecule has 2 unspecified atom stereocenters. The Labute approximate surface area is 250 Å². The molecular formula is C31H27N7O6. The molecule has 1 fully saturated rings. The summed E-state index contributed by atoms with van der Waals surface area (Å²) in [4.78, 5) is 23.9. The number of aliphatic hydroxyl groups is 1. The van der Waals surface area contributed by atoms with Crippen molar-refractivity contribution in [2.75, 3.05) is 30.9 Å². The van der Waals surface area contributed by atoms with Crippen molar-refractivity contribution in [3.8, 4) is 17.2 Å². The first-order valence-corrected chi connectivity index (χ1v) is 13.8. The fraction of sp³-hybridized carbons (Fsp3) is 0.194. The second-order valence-electron chi connectivity index (χ2n) is 10.1. The van der Waals surface area contributed by atoms with Gasteiger partial charge in [-0.2, -0.15) is 0 Å². The molecule has 3 N–H and O–H groups in total. The number of nitrogens with two attached hydrogens (primary N) is 1. The summed E-state index contributed by atoms with van der Waals surface area (Å²) in [7, 11) is 1.60. The second-order valence-corrected chi connectivity index (χ2v) is 10.1. The van der Waals surface area contributed by atoms with Gasteiger partial charge in [-0.25, -0.2) is 9.67 Å². The summed E-state index contributed by atoms with van der Waals surface area (Å²) in [5.74, 6) is 1.33. The van der Waals surface area contributed by atoms with Crippen LogP contribution in [0.5, 0.6) is 11.5 Å². The average Bonchev–Trinajstić information content (AvgIpc) is 3.71. The number of methoxy groups -OCH3 is 1. The van der Waals surface area contributed by atoms with Gasteiger partial charge < -0.3 is 29.6 Å². The van der Waals surface area contributed by atoms with Crippen molar-refractivity contribution in [1.82, 2.24) is 24.9 Å². The molecule has 0 radical (unpaired) electrons. The van der Waals surface area contributed by atoms with Gasteiger partial charge in [-0.3, -0.25) is 14.7 Å². The molecule has 44 heavy (non-hydrogen) atoms. The van der Waals surface area contributed by atoms with Crippen molar-refractivity contribution in [2.24, 2.45) is 0 Å². The molecule has 0 bridgehead atoms. The first-order valence-electron chi connectivity index (χ1n) is 13.8. The van der Waals surface area contributed by atoms with Gasteiger partial charge >= 0.3 is 0 Å². The van der Waals surface area contributed by atoms with Crippen LogP contribution in [0.25, 0.3) is 27.6 Å². The summed E-state index contributed by atoms with van der Waals surface area (Å²) in [6, 6.07) is 17.9. The number of fused-ring (bicyclic) bond motifs is 3. The number of anilines is 2. The SMILES string of the molecule is COc1ccc(COc2cc(C(O)C3OCCN(c4ccn(-c5ccncc5)n4)C3=O)nc3ccc4c(N)noc4c23)cc1. The number of nitrogen functional groups attached to an aromatic ring is 1. The van der Waals surface area contributed by atoms with Crippen LogP contribution >= 0.6 is 0 Å². The molecule has 6 aromatic rings. The van der Waals surface area contributed by atoms with Gasteiger partial charge in [0.05, 0.1) is 47.9 Å². The van der Waals surface area contributed by atoms with Crippen LogP contribution in [0.2, 0.25) is 0 Å². The van der Waals surface area contributed by atoms with Gasteiger partial charge in [0, 0.05) is 30.7 Å². The molecule has 5 heterocycles. The molecule has 7 rings (SSSR count). The van der Waals surface area contributed by atoms with E-state index < -0.39 is 18.1 Å². The Bertz CT molecular complexity index is 1960. The Balaban J connectivity index is 1.21. The van der Waals surface area contributed by atoms with Gasteiger partial charge in [-0.05, 0) is 42.0 Å². The van der Waals surface area contributed by atoms with Crippen LogP contribution < -0.4 is 20.1 Å². The van der Waals surface area contributed by atoms with E-state index >= 15 is 0 Å². The van der Waals surface area contributed by atoms with Gasteiger partial charge in [0.1, 0.15) is 24.2 Å². The van der Waals surface area contributed by atoms with Crippen molar-refractivity contribution < 1.29 is 28.6 Å². The zero-order valence-electron chi connectivity index (χ0n) is 23.5. The molecule has 4 aromatic heterocycles. The van der Waals surface area contributed by atoms with E-state index in [0.717, 1.165) is 17.0 Å². The molecule has 0 saturated carbocycles. The number of morpholine rings is 1. The number of carbonyl (C=O) groups is 1. The summed E-state index contributed by atoms with van der Waals surface area (Å²) >= 11 is 0. The number of rotatable bonds is 8. The van der Waals surface area contributed by atoms with E-state index in [9.17, 15) is 9.90 Å². The van der Waals surface area contributed by atoms with Crippen LogP contribution in [0.3, 0.4) is 0 Å². The predicted molar refractivity (Wildman–Crippen MR) is 159 cm³/mol. The minimum absolute atomic E-state index is 0.191. The van der Waals surface area contributed by atoms with Crippen molar-refractivity contribution in [2.45, 2.75) is 18.8 Å².